The highest BCUT2D eigenvalue weighted by atomic mass is 79.9. The van der Waals surface area contributed by atoms with Crippen LogP contribution >= 0.6 is 15.9 Å². The Labute approximate surface area is 214 Å². The fourth-order valence-corrected chi connectivity index (χ4v) is 4.48. The lowest BCUT2D eigenvalue weighted by Gasteiger charge is -2.27. The summed E-state index contributed by atoms with van der Waals surface area (Å²) < 4.78 is 11.7. The van der Waals surface area contributed by atoms with Crippen molar-refractivity contribution in [3.63, 3.8) is 0 Å². The molecule has 0 saturated carbocycles. The van der Waals surface area contributed by atoms with Gasteiger partial charge in [0.2, 0.25) is 5.91 Å². The number of anilines is 1. The van der Waals surface area contributed by atoms with Crippen molar-refractivity contribution in [3.8, 4) is 11.4 Å². The van der Waals surface area contributed by atoms with Gasteiger partial charge in [-0.15, -0.1) is 0 Å². The number of nitrogens with one attached hydrogen (secondary N) is 1. The number of para-hydroxylation sites is 1. The topological polar surface area (TPSA) is 79.8 Å². The molecule has 0 bridgehead atoms. The first-order valence-electron chi connectivity index (χ1n) is 12.0. The van der Waals surface area contributed by atoms with Crippen molar-refractivity contribution in [2.24, 2.45) is 0 Å². The highest BCUT2D eigenvalue weighted by Gasteiger charge is 2.17. The number of hydrogen-bond donors (Lipinski definition) is 1. The highest BCUT2D eigenvalue weighted by Crippen LogP contribution is 2.28. The number of carbonyl (C=O) groups is 1. The molecule has 4 rings (SSSR count). The molecule has 8 nitrogen and oxygen atoms in total. The van der Waals surface area contributed by atoms with Gasteiger partial charge in [0, 0.05) is 68.2 Å². The second kappa shape index (κ2) is 12.9. The summed E-state index contributed by atoms with van der Waals surface area (Å²) in [5.41, 5.74) is 1.80. The average molecular weight is 542 g/mol. The average Bonchev–Trinajstić information content (AvgIpc) is 2.89. The lowest BCUT2D eigenvalue weighted by molar-refractivity contribution is -0.121. The number of halogens is 1. The van der Waals surface area contributed by atoms with Crippen LogP contribution in [0.5, 0.6) is 0 Å². The molecule has 1 aliphatic rings. The van der Waals surface area contributed by atoms with Crippen LogP contribution in [0.2, 0.25) is 0 Å². The number of rotatable bonds is 11. The number of morpholine rings is 1. The SMILES string of the molecule is COCCN(CCC(=O)NCCN1CCOCC1)c1nc(-c2cccc(Br)c2)nc2ccccc12. The van der Waals surface area contributed by atoms with Gasteiger partial charge in [-0.05, 0) is 24.3 Å². The molecule has 186 valence electrons. The maximum atomic E-state index is 12.6. The van der Waals surface area contributed by atoms with Crippen LogP contribution in [0.4, 0.5) is 5.82 Å². The van der Waals surface area contributed by atoms with E-state index in [1.54, 1.807) is 7.11 Å². The summed E-state index contributed by atoms with van der Waals surface area (Å²) in [5, 5.41) is 4.01. The van der Waals surface area contributed by atoms with Gasteiger partial charge in [-0.2, -0.15) is 0 Å². The van der Waals surface area contributed by atoms with Crippen LogP contribution in [0.3, 0.4) is 0 Å². The van der Waals surface area contributed by atoms with Crippen LogP contribution in [0, 0.1) is 0 Å². The minimum Gasteiger partial charge on any atom is -0.383 e. The molecule has 0 atom stereocenters. The number of amides is 1. The smallest absolute Gasteiger partial charge is 0.221 e. The highest BCUT2D eigenvalue weighted by molar-refractivity contribution is 9.10. The van der Waals surface area contributed by atoms with Gasteiger partial charge < -0.3 is 19.7 Å². The number of fused-ring (bicyclic) bond motifs is 1. The van der Waals surface area contributed by atoms with E-state index in [1.165, 1.54) is 0 Å². The summed E-state index contributed by atoms with van der Waals surface area (Å²) >= 11 is 3.54. The van der Waals surface area contributed by atoms with Gasteiger partial charge in [0.25, 0.3) is 0 Å². The number of benzene rings is 2. The van der Waals surface area contributed by atoms with Gasteiger partial charge in [0.05, 0.1) is 25.3 Å². The number of nitrogens with zero attached hydrogens (tertiary/aromatic N) is 4. The quantitative estimate of drug-likeness (QED) is 0.398. The molecule has 2 aromatic carbocycles. The van der Waals surface area contributed by atoms with Gasteiger partial charge >= 0.3 is 0 Å². The summed E-state index contributed by atoms with van der Waals surface area (Å²) in [6.45, 7) is 6.53. The van der Waals surface area contributed by atoms with Crippen LogP contribution in [-0.4, -0.2) is 87.0 Å². The van der Waals surface area contributed by atoms with E-state index < -0.39 is 0 Å². The molecule has 1 saturated heterocycles. The molecule has 2 heterocycles. The van der Waals surface area contributed by atoms with Gasteiger partial charge in [-0.3, -0.25) is 9.69 Å². The van der Waals surface area contributed by atoms with Crippen LogP contribution in [0.25, 0.3) is 22.3 Å². The second-order valence-corrected chi connectivity index (χ2v) is 9.35. The maximum Gasteiger partial charge on any atom is 0.221 e. The van der Waals surface area contributed by atoms with Crippen LogP contribution in [0.1, 0.15) is 6.42 Å². The first kappa shape index (κ1) is 25.5. The Morgan fingerprint density at radius 2 is 1.97 bits per heavy atom. The number of aromatic nitrogens is 2. The second-order valence-electron chi connectivity index (χ2n) is 8.43. The van der Waals surface area contributed by atoms with E-state index in [-0.39, 0.29) is 5.91 Å². The summed E-state index contributed by atoms with van der Waals surface area (Å²) in [5.74, 6) is 1.49. The monoisotopic (exact) mass is 541 g/mol. The van der Waals surface area contributed by atoms with Crippen molar-refractivity contribution in [2.75, 3.05) is 71.1 Å². The third kappa shape index (κ3) is 7.20. The summed E-state index contributed by atoms with van der Waals surface area (Å²) in [6, 6.07) is 15.9. The normalized spacial score (nSPS) is 14.2. The van der Waals surface area contributed by atoms with E-state index in [4.69, 9.17) is 19.4 Å². The molecular weight excluding hydrogens is 510 g/mol. The van der Waals surface area contributed by atoms with Gasteiger partial charge in [-0.1, -0.05) is 40.2 Å². The fraction of sp³-hybridized carbons (Fsp3) is 0.423. The molecule has 9 heteroatoms. The minimum absolute atomic E-state index is 0.0336. The van der Waals surface area contributed by atoms with Gasteiger partial charge in [0.1, 0.15) is 5.82 Å². The molecule has 1 aliphatic heterocycles. The van der Waals surface area contributed by atoms with Crippen molar-refractivity contribution in [1.82, 2.24) is 20.2 Å². The molecule has 1 aromatic heterocycles. The molecule has 0 unspecified atom stereocenters. The maximum absolute atomic E-state index is 12.6. The van der Waals surface area contributed by atoms with E-state index in [9.17, 15) is 4.79 Å². The zero-order chi connectivity index (χ0) is 24.5. The summed E-state index contributed by atoms with van der Waals surface area (Å²) in [4.78, 5) is 26.8. The zero-order valence-electron chi connectivity index (χ0n) is 20.1. The lowest BCUT2D eigenvalue weighted by atomic mass is 10.1. The number of ether oxygens (including phenoxy) is 2. The molecule has 3 aromatic rings. The number of methoxy groups -OCH3 is 1. The van der Waals surface area contributed by atoms with E-state index in [0.717, 1.165) is 59.6 Å². The van der Waals surface area contributed by atoms with Crippen LogP contribution < -0.4 is 10.2 Å². The lowest BCUT2D eigenvalue weighted by Crippen LogP contribution is -2.42. The minimum atomic E-state index is 0.0336. The van der Waals surface area contributed by atoms with Crippen molar-refractivity contribution in [3.05, 3.63) is 53.0 Å². The molecule has 1 amide bonds. The Kier molecular flexibility index (Phi) is 9.42. The van der Waals surface area contributed by atoms with Crippen LogP contribution in [0.15, 0.2) is 53.0 Å². The van der Waals surface area contributed by atoms with Crippen LogP contribution in [-0.2, 0) is 14.3 Å². The van der Waals surface area contributed by atoms with Crippen molar-refractivity contribution in [1.29, 1.82) is 0 Å². The zero-order valence-corrected chi connectivity index (χ0v) is 21.7. The molecule has 35 heavy (non-hydrogen) atoms. The van der Waals surface area contributed by atoms with Gasteiger partial charge in [0.15, 0.2) is 5.82 Å². The summed E-state index contributed by atoms with van der Waals surface area (Å²) in [6.07, 6.45) is 0.372. The third-order valence-corrected chi connectivity index (χ3v) is 6.49. The first-order chi connectivity index (χ1) is 17.1. The molecule has 1 fully saturated rings. The Balaban J connectivity index is 1.50. The molecule has 1 N–H and O–H groups in total. The van der Waals surface area contributed by atoms with E-state index in [1.807, 2.05) is 48.5 Å². The largest absolute Gasteiger partial charge is 0.383 e. The Morgan fingerprint density at radius 3 is 2.77 bits per heavy atom. The summed E-state index contributed by atoms with van der Waals surface area (Å²) in [7, 11) is 1.68. The van der Waals surface area contributed by atoms with E-state index in [2.05, 4.69) is 31.0 Å². The Hall–Kier alpha value is -2.59. The first-order valence-corrected chi connectivity index (χ1v) is 12.8. The van der Waals surface area contributed by atoms with E-state index in [0.29, 0.717) is 38.5 Å². The Bertz CT molecular complexity index is 1120. The van der Waals surface area contributed by atoms with Crippen molar-refractivity contribution >= 4 is 38.6 Å². The molecule has 0 radical (unpaired) electrons. The van der Waals surface area contributed by atoms with Gasteiger partial charge in [-0.25, -0.2) is 9.97 Å². The number of carbonyl (C=O) groups excluding carboxylic acids is 1. The van der Waals surface area contributed by atoms with Crippen molar-refractivity contribution in [2.45, 2.75) is 6.42 Å². The molecule has 0 aliphatic carbocycles. The van der Waals surface area contributed by atoms with E-state index >= 15 is 0 Å². The fourth-order valence-electron chi connectivity index (χ4n) is 4.09. The Morgan fingerprint density at radius 1 is 1.14 bits per heavy atom. The molecule has 0 spiro atoms. The predicted molar refractivity (Wildman–Crippen MR) is 142 cm³/mol. The molecular formula is C26H32BrN5O3. The standard InChI is InChI=1S/C26H32BrN5O3/c1-34-16-15-32(11-9-24(33)28-10-12-31-13-17-35-18-14-31)26-22-7-2-3-8-23(22)29-25(30-26)20-5-4-6-21(27)19-20/h2-8,19H,9-18H2,1H3,(H,28,33). The number of hydrogen-bond acceptors (Lipinski definition) is 7. The predicted octanol–water partition coefficient (Wildman–Crippen LogP) is 3.35. The third-order valence-electron chi connectivity index (χ3n) is 5.99. The van der Waals surface area contributed by atoms with Crippen molar-refractivity contribution < 1.29 is 14.3 Å².